The highest BCUT2D eigenvalue weighted by molar-refractivity contribution is 6.42. The third-order valence-corrected chi connectivity index (χ3v) is 4.26. The summed E-state index contributed by atoms with van der Waals surface area (Å²) < 4.78 is 5.67. The summed E-state index contributed by atoms with van der Waals surface area (Å²) in [6, 6.07) is 8.15. The molecule has 0 aliphatic rings. The first kappa shape index (κ1) is 16.4. The molecule has 1 aromatic carbocycles. The SMILES string of the molecule is CCCNC(Cc1ccc(Cl)c(Cl)c1)c1cc(C)oc1C. The van der Waals surface area contributed by atoms with E-state index in [1.165, 1.54) is 5.56 Å². The minimum Gasteiger partial charge on any atom is -0.466 e. The first-order chi connectivity index (χ1) is 10.0. The zero-order chi connectivity index (χ0) is 15.4. The first-order valence-electron chi connectivity index (χ1n) is 7.25. The molecule has 1 atom stereocenters. The van der Waals surface area contributed by atoms with Crippen molar-refractivity contribution < 1.29 is 4.42 Å². The molecule has 1 unspecified atom stereocenters. The third kappa shape index (κ3) is 4.26. The largest absolute Gasteiger partial charge is 0.466 e. The molecule has 1 aromatic heterocycles. The predicted molar refractivity (Wildman–Crippen MR) is 89.4 cm³/mol. The third-order valence-electron chi connectivity index (χ3n) is 3.52. The number of hydrogen-bond donors (Lipinski definition) is 1. The van der Waals surface area contributed by atoms with Crippen molar-refractivity contribution in [2.24, 2.45) is 0 Å². The number of aryl methyl sites for hydroxylation is 2. The quantitative estimate of drug-likeness (QED) is 0.759. The van der Waals surface area contributed by atoms with Crippen LogP contribution >= 0.6 is 23.2 Å². The number of furan rings is 1. The number of benzene rings is 1. The molecule has 0 saturated heterocycles. The van der Waals surface area contributed by atoms with Gasteiger partial charge in [0.2, 0.25) is 0 Å². The van der Waals surface area contributed by atoms with Crippen LogP contribution in [-0.2, 0) is 6.42 Å². The lowest BCUT2D eigenvalue weighted by Gasteiger charge is -2.18. The van der Waals surface area contributed by atoms with Crippen LogP contribution in [0.3, 0.4) is 0 Å². The lowest BCUT2D eigenvalue weighted by atomic mass is 9.99. The van der Waals surface area contributed by atoms with Crippen LogP contribution in [0.4, 0.5) is 0 Å². The Morgan fingerprint density at radius 3 is 2.48 bits per heavy atom. The number of halogens is 2. The van der Waals surface area contributed by atoms with E-state index < -0.39 is 0 Å². The van der Waals surface area contributed by atoms with Gasteiger partial charge in [0.05, 0.1) is 10.0 Å². The van der Waals surface area contributed by atoms with Crippen molar-refractivity contribution in [2.75, 3.05) is 6.54 Å². The van der Waals surface area contributed by atoms with Gasteiger partial charge in [0.1, 0.15) is 11.5 Å². The van der Waals surface area contributed by atoms with Crippen LogP contribution < -0.4 is 5.32 Å². The maximum Gasteiger partial charge on any atom is 0.105 e. The van der Waals surface area contributed by atoms with Crippen LogP contribution in [0, 0.1) is 13.8 Å². The lowest BCUT2D eigenvalue weighted by Crippen LogP contribution is -2.24. The Kier molecular flexibility index (Phi) is 5.74. The number of nitrogens with one attached hydrogen (secondary N) is 1. The molecule has 4 heteroatoms. The van der Waals surface area contributed by atoms with Crippen LogP contribution in [0.5, 0.6) is 0 Å². The average molecular weight is 326 g/mol. The van der Waals surface area contributed by atoms with Crippen molar-refractivity contribution in [3.05, 3.63) is 57.0 Å². The summed E-state index contributed by atoms with van der Waals surface area (Å²) in [5.74, 6) is 1.92. The summed E-state index contributed by atoms with van der Waals surface area (Å²) in [5.41, 5.74) is 2.38. The summed E-state index contributed by atoms with van der Waals surface area (Å²) in [6.45, 7) is 7.12. The molecule has 0 aliphatic carbocycles. The molecule has 2 rings (SSSR count). The average Bonchev–Trinajstić information content (AvgIpc) is 2.77. The molecule has 1 heterocycles. The lowest BCUT2D eigenvalue weighted by molar-refractivity contribution is 0.480. The van der Waals surface area contributed by atoms with E-state index in [9.17, 15) is 0 Å². The molecule has 2 aromatic rings. The van der Waals surface area contributed by atoms with Crippen molar-refractivity contribution in [1.29, 1.82) is 0 Å². The molecule has 2 nitrogen and oxygen atoms in total. The Balaban J connectivity index is 2.23. The molecule has 0 spiro atoms. The Hall–Kier alpha value is -0.960. The molecule has 0 aliphatic heterocycles. The molecule has 0 saturated carbocycles. The highest BCUT2D eigenvalue weighted by atomic mass is 35.5. The van der Waals surface area contributed by atoms with E-state index in [1.54, 1.807) is 0 Å². The van der Waals surface area contributed by atoms with Crippen molar-refractivity contribution in [2.45, 2.75) is 39.7 Å². The molecular formula is C17H21Cl2NO. The van der Waals surface area contributed by atoms with E-state index in [0.29, 0.717) is 10.0 Å². The zero-order valence-corrected chi connectivity index (χ0v) is 14.2. The van der Waals surface area contributed by atoms with Crippen LogP contribution in [-0.4, -0.2) is 6.54 Å². The van der Waals surface area contributed by atoms with Crippen LogP contribution in [0.25, 0.3) is 0 Å². The van der Waals surface area contributed by atoms with E-state index in [2.05, 4.69) is 18.3 Å². The van der Waals surface area contributed by atoms with Gasteiger partial charge >= 0.3 is 0 Å². The van der Waals surface area contributed by atoms with Crippen LogP contribution in [0.15, 0.2) is 28.7 Å². The van der Waals surface area contributed by atoms with Crippen molar-refractivity contribution in [3.63, 3.8) is 0 Å². The van der Waals surface area contributed by atoms with Crippen molar-refractivity contribution >= 4 is 23.2 Å². The summed E-state index contributed by atoms with van der Waals surface area (Å²) in [6.07, 6.45) is 1.95. The van der Waals surface area contributed by atoms with Crippen LogP contribution in [0.1, 0.15) is 42.0 Å². The minimum atomic E-state index is 0.222. The highest BCUT2D eigenvalue weighted by Crippen LogP contribution is 2.28. The fourth-order valence-electron chi connectivity index (χ4n) is 2.51. The second-order valence-corrected chi connectivity index (χ2v) is 6.14. The smallest absolute Gasteiger partial charge is 0.105 e. The fourth-order valence-corrected chi connectivity index (χ4v) is 2.83. The maximum atomic E-state index is 6.11. The number of hydrogen-bond acceptors (Lipinski definition) is 2. The second-order valence-electron chi connectivity index (χ2n) is 5.33. The predicted octanol–water partition coefficient (Wildman–Crippen LogP) is 5.49. The van der Waals surface area contributed by atoms with E-state index in [0.717, 1.165) is 36.5 Å². The summed E-state index contributed by atoms with van der Waals surface area (Å²) in [7, 11) is 0. The second kappa shape index (κ2) is 7.35. The molecule has 114 valence electrons. The van der Waals surface area contributed by atoms with Crippen LogP contribution in [0.2, 0.25) is 10.0 Å². The Bertz CT molecular complexity index is 607. The molecular weight excluding hydrogens is 305 g/mol. The van der Waals surface area contributed by atoms with Gasteiger partial charge in [-0.25, -0.2) is 0 Å². The molecule has 0 amide bonds. The van der Waals surface area contributed by atoms with E-state index >= 15 is 0 Å². The van der Waals surface area contributed by atoms with Gasteiger partial charge in [-0.2, -0.15) is 0 Å². The standard InChI is InChI=1S/C17H21Cl2NO/c1-4-7-20-17(14-8-11(2)21-12(14)3)10-13-5-6-15(18)16(19)9-13/h5-6,8-9,17,20H,4,7,10H2,1-3H3. The highest BCUT2D eigenvalue weighted by Gasteiger charge is 2.17. The fraction of sp³-hybridized carbons (Fsp3) is 0.412. The van der Waals surface area contributed by atoms with E-state index in [4.69, 9.17) is 27.6 Å². The van der Waals surface area contributed by atoms with Gasteiger partial charge in [-0.1, -0.05) is 36.2 Å². The van der Waals surface area contributed by atoms with Gasteiger partial charge in [0, 0.05) is 11.6 Å². The molecule has 0 bridgehead atoms. The van der Waals surface area contributed by atoms with E-state index in [1.807, 2.05) is 32.0 Å². The van der Waals surface area contributed by atoms with Crippen molar-refractivity contribution in [1.82, 2.24) is 5.32 Å². The normalized spacial score (nSPS) is 12.6. The van der Waals surface area contributed by atoms with Gasteiger partial charge in [-0.3, -0.25) is 0 Å². The molecule has 0 radical (unpaired) electrons. The summed E-state index contributed by atoms with van der Waals surface area (Å²) >= 11 is 12.1. The first-order valence-corrected chi connectivity index (χ1v) is 8.01. The Labute approximate surface area is 136 Å². The zero-order valence-electron chi connectivity index (χ0n) is 12.7. The number of rotatable bonds is 6. The summed E-state index contributed by atoms with van der Waals surface area (Å²) in [5, 5.41) is 4.78. The van der Waals surface area contributed by atoms with Crippen molar-refractivity contribution in [3.8, 4) is 0 Å². The van der Waals surface area contributed by atoms with Gasteiger partial charge in [0.15, 0.2) is 0 Å². The summed E-state index contributed by atoms with van der Waals surface area (Å²) in [4.78, 5) is 0. The Morgan fingerprint density at radius 1 is 1.14 bits per heavy atom. The topological polar surface area (TPSA) is 25.2 Å². The van der Waals surface area contributed by atoms with E-state index in [-0.39, 0.29) is 6.04 Å². The Morgan fingerprint density at radius 2 is 1.90 bits per heavy atom. The molecule has 1 N–H and O–H groups in total. The monoisotopic (exact) mass is 325 g/mol. The minimum absolute atomic E-state index is 0.222. The van der Waals surface area contributed by atoms with Gasteiger partial charge < -0.3 is 9.73 Å². The molecule has 0 fully saturated rings. The van der Waals surface area contributed by atoms with Gasteiger partial charge in [-0.05, 0) is 57.0 Å². The maximum absolute atomic E-state index is 6.11. The molecule has 21 heavy (non-hydrogen) atoms. The van der Waals surface area contributed by atoms with Gasteiger partial charge in [-0.15, -0.1) is 0 Å². The van der Waals surface area contributed by atoms with Gasteiger partial charge in [0.25, 0.3) is 0 Å².